The average Bonchev–Trinajstić information content (AvgIpc) is 2.42. The highest BCUT2D eigenvalue weighted by Crippen LogP contribution is 2.20. The summed E-state index contributed by atoms with van der Waals surface area (Å²) in [4.78, 5) is 17.8. The summed E-state index contributed by atoms with van der Waals surface area (Å²) in [6, 6.07) is 10.4. The summed E-state index contributed by atoms with van der Waals surface area (Å²) in [6.07, 6.45) is 0.481. The quantitative estimate of drug-likeness (QED) is 0.860. The molecule has 1 aromatic carbocycles. The van der Waals surface area contributed by atoms with Crippen LogP contribution in [0.5, 0.6) is 0 Å². The van der Waals surface area contributed by atoms with Crippen LogP contribution in [0.1, 0.15) is 24.8 Å². The van der Waals surface area contributed by atoms with Crippen molar-refractivity contribution in [2.24, 2.45) is 4.99 Å². The second-order valence-electron chi connectivity index (χ2n) is 4.55. The first-order valence-electron chi connectivity index (χ1n) is 6.31. The van der Waals surface area contributed by atoms with Gasteiger partial charge in [0.1, 0.15) is 0 Å². The number of hydrogen-bond acceptors (Lipinski definition) is 3. The largest absolute Gasteiger partial charge is 0.345 e. The first-order valence-corrected chi connectivity index (χ1v) is 6.31. The molecule has 1 aliphatic rings. The van der Waals surface area contributed by atoms with Gasteiger partial charge in [-0.15, -0.1) is 0 Å². The fraction of sp³-hybridized carbons (Fsp3) is 0.429. The van der Waals surface area contributed by atoms with Gasteiger partial charge in [0.05, 0.1) is 6.54 Å². The Balaban J connectivity index is 2.05. The van der Waals surface area contributed by atoms with Crippen LogP contribution in [0.2, 0.25) is 0 Å². The van der Waals surface area contributed by atoms with Gasteiger partial charge < -0.3 is 4.90 Å². The summed E-state index contributed by atoms with van der Waals surface area (Å²) < 4.78 is 0. The summed E-state index contributed by atoms with van der Waals surface area (Å²) in [5, 5.41) is 2.83. The normalized spacial score (nSPS) is 19.3. The predicted molar refractivity (Wildman–Crippen MR) is 72.5 cm³/mol. The second kappa shape index (κ2) is 5.67. The van der Waals surface area contributed by atoms with Crippen LogP contribution in [0.3, 0.4) is 0 Å². The average molecular weight is 245 g/mol. The van der Waals surface area contributed by atoms with Crippen LogP contribution < -0.4 is 5.32 Å². The van der Waals surface area contributed by atoms with E-state index >= 15 is 0 Å². The summed E-state index contributed by atoms with van der Waals surface area (Å²) in [5.74, 6) is 1.10. The van der Waals surface area contributed by atoms with E-state index in [1.54, 1.807) is 0 Å². The van der Waals surface area contributed by atoms with Gasteiger partial charge in [-0.3, -0.25) is 15.1 Å². The molecule has 96 valence electrons. The Labute approximate surface area is 108 Å². The van der Waals surface area contributed by atoms with E-state index < -0.39 is 0 Å². The lowest BCUT2D eigenvalue weighted by Crippen LogP contribution is -2.46. The van der Waals surface area contributed by atoms with Gasteiger partial charge in [-0.25, -0.2) is 0 Å². The molecule has 2 rings (SSSR count). The van der Waals surface area contributed by atoms with Crippen molar-refractivity contribution in [3.8, 4) is 0 Å². The van der Waals surface area contributed by atoms with E-state index in [0.29, 0.717) is 18.3 Å². The van der Waals surface area contributed by atoms with Gasteiger partial charge >= 0.3 is 0 Å². The fourth-order valence-electron chi connectivity index (χ4n) is 2.08. The Morgan fingerprint density at radius 2 is 2.17 bits per heavy atom. The first-order chi connectivity index (χ1) is 8.70. The molecule has 0 saturated heterocycles. The van der Waals surface area contributed by atoms with E-state index in [-0.39, 0.29) is 5.91 Å². The molecule has 0 radical (unpaired) electrons. The van der Waals surface area contributed by atoms with Crippen molar-refractivity contribution in [2.45, 2.75) is 19.3 Å². The highest BCUT2D eigenvalue weighted by Gasteiger charge is 2.21. The molecule has 1 aliphatic heterocycles. The number of aliphatic imine (C=N–C) groups is 1. The van der Waals surface area contributed by atoms with Crippen LogP contribution in [-0.4, -0.2) is 36.9 Å². The van der Waals surface area contributed by atoms with Crippen molar-refractivity contribution in [3.05, 3.63) is 35.9 Å². The summed E-state index contributed by atoms with van der Waals surface area (Å²) >= 11 is 0. The zero-order valence-corrected chi connectivity index (χ0v) is 10.9. The molecule has 0 fully saturated rings. The molecule has 1 aromatic rings. The predicted octanol–water partition coefficient (Wildman–Crippen LogP) is 1.60. The molecule has 0 saturated carbocycles. The van der Waals surface area contributed by atoms with Crippen LogP contribution in [0.25, 0.3) is 0 Å². The minimum Gasteiger partial charge on any atom is -0.345 e. The van der Waals surface area contributed by atoms with Crippen LogP contribution in [0.15, 0.2) is 35.3 Å². The molecule has 4 nitrogen and oxygen atoms in total. The lowest BCUT2D eigenvalue weighted by Gasteiger charge is -2.30. The molecule has 18 heavy (non-hydrogen) atoms. The second-order valence-corrected chi connectivity index (χ2v) is 4.55. The number of carbonyl (C=O) groups excluding carboxylic acids is 1. The molecule has 1 N–H and O–H groups in total. The van der Waals surface area contributed by atoms with E-state index in [1.807, 2.05) is 37.1 Å². The molecule has 0 aromatic heterocycles. The highest BCUT2D eigenvalue weighted by molar-refractivity contribution is 5.97. The van der Waals surface area contributed by atoms with E-state index in [9.17, 15) is 4.79 Å². The third-order valence-corrected chi connectivity index (χ3v) is 3.16. The number of rotatable bonds is 2. The number of likely N-dealkylation sites (N-methyl/N-ethyl adjacent to an activating group) is 1. The minimum absolute atomic E-state index is 0.0127. The number of carbonyl (C=O) groups is 1. The Morgan fingerprint density at radius 1 is 1.44 bits per heavy atom. The highest BCUT2D eigenvalue weighted by atomic mass is 16.1. The summed E-state index contributed by atoms with van der Waals surface area (Å²) in [5.41, 5.74) is 1.30. The van der Waals surface area contributed by atoms with Crippen molar-refractivity contribution >= 4 is 11.9 Å². The number of amides is 1. The standard InChI is InChI=1S/C14H19N3O/c1-3-13(18)16-14-15-9-12(10-17(14)2)11-7-5-4-6-8-11/h4-8,12H,3,9-10H2,1-2H3,(H,15,16,18). The SMILES string of the molecule is CCC(=O)NC1=NCC(c2ccccc2)CN1C. The van der Waals surface area contributed by atoms with Crippen molar-refractivity contribution in [1.29, 1.82) is 0 Å². The third kappa shape index (κ3) is 2.88. The smallest absolute Gasteiger partial charge is 0.226 e. The number of guanidine groups is 1. The minimum atomic E-state index is 0.0127. The maximum Gasteiger partial charge on any atom is 0.226 e. The lowest BCUT2D eigenvalue weighted by atomic mass is 9.98. The first kappa shape index (κ1) is 12.6. The Morgan fingerprint density at radius 3 is 2.78 bits per heavy atom. The van der Waals surface area contributed by atoms with Crippen molar-refractivity contribution in [2.75, 3.05) is 20.1 Å². The zero-order valence-electron chi connectivity index (χ0n) is 10.9. The van der Waals surface area contributed by atoms with Crippen LogP contribution in [0, 0.1) is 0 Å². The Bertz CT molecular complexity index is 442. The van der Waals surface area contributed by atoms with Crippen molar-refractivity contribution in [3.63, 3.8) is 0 Å². The number of benzene rings is 1. The molecule has 1 amide bonds. The lowest BCUT2D eigenvalue weighted by molar-refractivity contribution is -0.119. The fourth-order valence-corrected chi connectivity index (χ4v) is 2.08. The third-order valence-electron chi connectivity index (χ3n) is 3.16. The van der Waals surface area contributed by atoms with E-state index in [2.05, 4.69) is 22.4 Å². The summed E-state index contributed by atoms with van der Waals surface area (Å²) in [6.45, 7) is 3.45. The van der Waals surface area contributed by atoms with Gasteiger partial charge in [0.25, 0.3) is 0 Å². The molecule has 1 unspecified atom stereocenters. The van der Waals surface area contributed by atoms with Crippen LogP contribution in [-0.2, 0) is 4.79 Å². The van der Waals surface area contributed by atoms with Crippen molar-refractivity contribution < 1.29 is 4.79 Å². The van der Waals surface area contributed by atoms with Crippen LogP contribution in [0.4, 0.5) is 0 Å². The Kier molecular flexibility index (Phi) is 3.97. The molecule has 1 heterocycles. The topological polar surface area (TPSA) is 44.7 Å². The molecular weight excluding hydrogens is 226 g/mol. The number of hydrogen-bond donors (Lipinski definition) is 1. The summed E-state index contributed by atoms with van der Waals surface area (Å²) in [7, 11) is 1.96. The van der Waals surface area contributed by atoms with E-state index in [1.165, 1.54) is 5.56 Å². The van der Waals surface area contributed by atoms with Gasteiger partial charge in [0.15, 0.2) is 5.96 Å². The monoisotopic (exact) mass is 245 g/mol. The van der Waals surface area contributed by atoms with Crippen LogP contribution >= 0.6 is 0 Å². The van der Waals surface area contributed by atoms with E-state index in [4.69, 9.17) is 0 Å². The van der Waals surface area contributed by atoms with Gasteiger partial charge in [-0.05, 0) is 5.56 Å². The molecule has 0 aliphatic carbocycles. The number of nitrogens with one attached hydrogen (secondary N) is 1. The van der Waals surface area contributed by atoms with Gasteiger partial charge in [0.2, 0.25) is 5.91 Å². The van der Waals surface area contributed by atoms with Gasteiger partial charge in [-0.1, -0.05) is 37.3 Å². The van der Waals surface area contributed by atoms with E-state index in [0.717, 1.165) is 13.1 Å². The maximum atomic E-state index is 11.4. The molecular formula is C14H19N3O. The Hall–Kier alpha value is -1.84. The molecule has 0 bridgehead atoms. The molecule has 1 atom stereocenters. The van der Waals surface area contributed by atoms with Gasteiger partial charge in [0, 0.05) is 25.9 Å². The maximum absolute atomic E-state index is 11.4. The van der Waals surface area contributed by atoms with Crippen molar-refractivity contribution in [1.82, 2.24) is 10.2 Å². The molecule has 4 heteroatoms. The van der Waals surface area contributed by atoms with Gasteiger partial charge in [-0.2, -0.15) is 0 Å². The zero-order chi connectivity index (χ0) is 13.0. The molecule has 0 spiro atoms. The number of nitrogens with zero attached hydrogens (tertiary/aromatic N) is 2.